The molecule has 2 rings (SSSR count). The number of pyridine rings is 1. The molecule has 0 radical (unpaired) electrons. The Kier molecular flexibility index (Phi) is 7.12. The van der Waals surface area contributed by atoms with Crippen LogP contribution in [0.2, 0.25) is 0 Å². The number of rotatable bonds is 8. The molecule has 0 unspecified atom stereocenters. The van der Waals surface area contributed by atoms with Crippen molar-refractivity contribution in [3.05, 3.63) is 48.2 Å². The van der Waals surface area contributed by atoms with Crippen LogP contribution in [-0.4, -0.2) is 37.2 Å². The van der Waals surface area contributed by atoms with E-state index in [-0.39, 0.29) is 10.6 Å². The van der Waals surface area contributed by atoms with Crippen LogP contribution in [-0.2, 0) is 15.8 Å². The Labute approximate surface area is 160 Å². The van der Waals surface area contributed by atoms with E-state index in [0.717, 1.165) is 5.56 Å². The first-order valence-corrected chi connectivity index (χ1v) is 10.5. The van der Waals surface area contributed by atoms with Crippen molar-refractivity contribution in [2.75, 3.05) is 13.1 Å². The van der Waals surface area contributed by atoms with Crippen LogP contribution in [0.4, 0.5) is 13.2 Å². The Morgan fingerprint density at radius 3 is 2.19 bits per heavy atom. The molecule has 0 saturated heterocycles. The fraction of sp³-hybridized carbons (Fsp3) is 0.353. The van der Waals surface area contributed by atoms with Crippen molar-refractivity contribution < 1.29 is 26.3 Å². The monoisotopic (exact) mass is 420 g/mol. The van der Waals surface area contributed by atoms with Gasteiger partial charge in [-0.25, -0.2) is 13.4 Å². The van der Waals surface area contributed by atoms with Gasteiger partial charge in [-0.05, 0) is 29.8 Å². The lowest BCUT2D eigenvalue weighted by Gasteiger charge is -2.18. The van der Waals surface area contributed by atoms with E-state index in [1.807, 2.05) is 0 Å². The van der Waals surface area contributed by atoms with Gasteiger partial charge in [0, 0.05) is 25.0 Å². The average molecular weight is 420 g/mol. The van der Waals surface area contributed by atoms with E-state index in [9.17, 15) is 21.6 Å². The maximum absolute atomic E-state index is 12.4. The second-order valence-corrected chi connectivity index (χ2v) is 8.34. The maximum atomic E-state index is 12.4. The molecule has 0 bridgehead atoms. The number of thioether (sulfide) groups is 1. The Morgan fingerprint density at radius 1 is 1.07 bits per heavy atom. The number of hydrogen-bond acceptors (Lipinski definition) is 5. The average Bonchev–Trinajstić information content (AvgIpc) is 2.61. The zero-order chi connectivity index (χ0) is 20.1. The summed E-state index contributed by atoms with van der Waals surface area (Å²) in [7, 11) is -3.55. The van der Waals surface area contributed by atoms with Crippen molar-refractivity contribution in [2.24, 2.45) is 0 Å². The Morgan fingerprint density at radius 2 is 1.70 bits per heavy atom. The van der Waals surface area contributed by atoms with Gasteiger partial charge in [-0.15, -0.1) is 24.9 Å². The van der Waals surface area contributed by atoms with Crippen LogP contribution in [0.25, 0.3) is 0 Å². The van der Waals surface area contributed by atoms with Crippen molar-refractivity contribution in [3.8, 4) is 5.75 Å². The fourth-order valence-electron chi connectivity index (χ4n) is 2.26. The fourth-order valence-corrected chi connectivity index (χ4v) is 4.46. The molecule has 1 heterocycles. The number of halogens is 3. The molecular weight excluding hydrogens is 401 g/mol. The summed E-state index contributed by atoms with van der Waals surface area (Å²) in [5.41, 5.74) is 0.788. The minimum absolute atomic E-state index is 0.129. The van der Waals surface area contributed by atoms with Gasteiger partial charge in [-0.1, -0.05) is 26.0 Å². The van der Waals surface area contributed by atoms with E-state index in [1.165, 1.54) is 52.6 Å². The molecule has 0 amide bonds. The first-order chi connectivity index (χ1) is 12.7. The number of aromatic nitrogens is 1. The SMILES string of the molecule is CCN(CC)S(=O)(=O)c1ccc(SCc2ccc(OC(F)(F)F)cc2)nc1. The number of nitrogens with zero attached hydrogens (tertiary/aromatic N) is 2. The third-order valence-electron chi connectivity index (χ3n) is 3.60. The summed E-state index contributed by atoms with van der Waals surface area (Å²) in [5.74, 6) is 0.196. The molecule has 0 aliphatic rings. The second kappa shape index (κ2) is 8.94. The Bertz CT molecular complexity index is 835. The minimum Gasteiger partial charge on any atom is -0.406 e. The quantitative estimate of drug-likeness (QED) is 0.596. The summed E-state index contributed by atoms with van der Waals surface area (Å²) >= 11 is 1.35. The second-order valence-electron chi connectivity index (χ2n) is 5.40. The lowest BCUT2D eigenvalue weighted by molar-refractivity contribution is -0.274. The molecule has 0 fully saturated rings. The van der Waals surface area contributed by atoms with Crippen molar-refractivity contribution in [1.29, 1.82) is 0 Å². The zero-order valence-electron chi connectivity index (χ0n) is 14.7. The molecule has 0 N–H and O–H groups in total. The van der Waals surface area contributed by atoms with Crippen molar-refractivity contribution in [1.82, 2.24) is 9.29 Å². The van der Waals surface area contributed by atoms with Crippen molar-refractivity contribution >= 4 is 21.8 Å². The van der Waals surface area contributed by atoms with Gasteiger partial charge in [0.25, 0.3) is 0 Å². The molecule has 0 spiro atoms. The van der Waals surface area contributed by atoms with Crippen molar-refractivity contribution in [3.63, 3.8) is 0 Å². The van der Waals surface area contributed by atoms with Gasteiger partial charge < -0.3 is 4.74 Å². The molecule has 0 saturated carbocycles. The van der Waals surface area contributed by atoms with Gasteiger partial charge in [0.1, 0.15) is 10.6 Å². The highest BCUT2D eigenvalue weighted by Gasteiger charge is 2.30. The standard InChI is InChI=1S/C17H19F3N2O3S2/c1-3-22(4-2)27(23,24)15-9-10-16(21-11-15)26-12-13-5-7-14(8-6-13)25-17(18,19)20/h5-11H,3-4,12H2,1-2H3. The molecule has 148 valence electrons. The lowest BCUT2D eigenvalue weighted by atomic mass is 10.2. The summed E-state index contributed by atoms with van der Waals surface area (Å²) in [6.45, 7) is 4.29. The van der Waals surface area contributed by atoms with E-state index in [2.05, 4.69) is 9.72 Å². The van der Waals surface area contributed by atoms with Crippen LogP contribution >= 0.6 is 11.8 Å². The molecule has 27 heavy (non-hydrogen) atoms. The van der Waals surface area contributed by atoms with Gasteiger partial charge in [0.2, 0.25) is 10.0 Å². The summed E-state index contributed by atoms with van der Waals surface area (Å²) < 4.78 is 66.4. The van der Waals surface area contributed by atoms with E-state index in [1.54, 1.807) is 19.9 Å². The number of hydrogen-bond donors (Lipinski definition) is 0. The molecule has 1 aromatic carbocycles. The molecule has 5 nitrogen and oxygen atoms in total. The Hall–Kier alpha value is -1.78. The van der Waals surface area contributed by atoms with Crippen LogP contribution in [0, 0.1) is 0 Å². The van der Waals surface area contributed by atoms with Crippen LogP contribution in [0.15, 0.2) is 52.5 Å². The Balaban J connectivity index is 1.99. The van der Waals surface area contributed by atoms with Crippen molar-refractivity contribution in [2.45, 2.75) is 35.9 Å². The van der Waals surface area contributed by atoms with Crippen LogP contribution in [0.3, 0.4) is 0 Å². The van der Waals surface area contributed by atoms with Crippen LogP contribution < -0.4 is 4.74 Å². The molecule has 0 atom stereocenters. The molecule has 2 aromatic rings. The smallest absolute Gasteiger partial charge is 0.406 e. The van der Waals surface area contributed by atoms with Gasteiger partial charge >= 0.3 is 6.36 Å². The van der Waals surface area contributed by atoms with Crippen LogP contribution in [0.5, 0.6) is 5.75 Å². The highest BCUT2D eigenvalue weighted by molar-refractivity contribution is 7.98. The molecular formula is C17H19F3N2O3S2. The molecule has 0 aliphatic carbocycles. The van der Waals surface area contributed by atoms with E-state index >= 15 is 0 Å². The topological polar surface area (TPSA) is 59.5 Å². The number of benzene rings is 1. The summed E-state index contributed by atoms with van der Waals surface area (Å²) in [6, 6.07) is 8.68. The summed E-state index contributed by atoms with van der Waals surface area (Å²) in [5, 5.41) is 0.615. The first kappa shape index (κ1) is 21.5. The third-order valence-corrected chi connectivity index (χ3v) is 6.64. The number of ether oxygens (including phenoxy) is 1. The van der Waals surface area contributed by atoms with Gasteiger partial charge in [-0.3, -0.25) is 0 Å². The van der Waals surface area contributed by atoms with Gasteiger partial charge in [0.05, 0.1) is 5.03 Å². The molecule has 0 aliphatic heterocycles. The maximum Gasteiger partial charge on any atom is 0.573 e. The zero-order valence-corrected chi connectivity index (χ0v) is 16.4. The van der Waals surface area contributed by atoms with Gasteiger partial charge in [-0.2, -0.15) is 4.31 Å². The van der Waals surface area contributed by atoms with E-state index in [0.29, 0.717) is 23.9 Å². The summed E-state index contributed by atoms with van der Waals surface area (Å²) in [6.07, 6.45) is -3.40. The normalized spacial score (nSPS) is 12.4. The highest BCUT2D eigenvalue weighted by atomic mass is 32.2. The predicted octanol–water partition coefficient (Wildman–Crippen LogP) is 4.30. The summed E-state index contributed by atoms with van der Waals surface area (Å²) in [4.78, 5) is 4.29. The minimum atomic E-state index is -4.71. The first-order valence-electron chi connectivity index (χ1n) is 8.09. The lowest BCUT2D eigenvalue weighted by Crippen LogP contribution is -2.30. The van der Waals surface area contributed by atoms with E-state index < -0.39 is 16.4 Å². The van der Waals surface area contributed by atoms with Gasteiger partial charge in [0.15, 0.2) is 0 Å². The largest absolute Gasteiger partial charge is 0.573 e. The number of alkyl halides is 3. The molecule has 10 heteroatoms. The predicted molar refractivity (Wildman–Crippen MR) is 97.0 cm³/mol. The number of sulfonamides is 1. The van der Waals surface area contributed by atoms with E-state index in [4.69, 9.17) is 0 Å². The third kappa shape index (κ3) is 6.12. The highest BCUT2D eigenvalue weighted by Crippen LogP contribution is 2.26. The molecule has 1 aromatic heterocycles. The van der Waals surface area contributed by atoms with Crippen LogP contribution in [0.1, 0.15) is 19.4 Å².